The molecule has 20 heavy (non-hydrogen) atoms. The van der Waals surface area contributed by atoms with E-state index in [-0.39, 0.29) is 0 Å². The molecule has 112 valence electrons. The Morgan fingerprint density at radius 2 is 2.25 bits per heavy atom. The maximum Gasteiger partial charge on any atom is 0.137 e. The Balaban J connectivity index is 1.83. The van der Waals surface area contributed by atoms with E-state index in [0.29, 0.717) is 12.0 Å². The van der Waals surface area contributed by atoms with Gasteiger partial charge in [-0.05, 0) is 55.8 Å². The van der Waals surface area contributed by atoms with Crippen molar-refractivity contribution in [1.82, 2.24) is 5.32 Å². The Kier molecular flexibility index (Phi) is 6.18. The lowest BCUT2D eigenvalue weighted by molar-refractivity contribution is 0.268. The smallest absolute Gasteiger partial charge is 0.137 e. The van der Waals surface area contributed by atoms with Crippen LogP contribution in [0.25, 0.3) is 0 Å². The van der Waals surface area contributed by atoms with Gasteiger partial charge in [-0.25, -0.2) is 0 Å². The molecule has 1 aromatic rings. The maximum absolute atomic E-state index is 6.31. The molecule has 1 aliphatic heterocycles. The van der Waals surface area contributed by atoms with Crippen LogP contribution in [0, 0.1) is 0 Å². The van der Waals surface area contributed by atoms with Crippen molar-refractivity contribution in [2.75, 3.05) is 13.2 Å². The van der Waals surface area contributed by atoms with Gasteiger partial charge in [0.25, 0.3) is 0 Å². The SMILES string of the molecule is CC[C@@H](C)c1ccc(OCC[C@H]2CCCCN2)c(Cl)c1. The first-order valence-corrected chi connectivity index (χ1v) is 8.24. The third kappa shape index (κ3) is 4.39. The Labute approximate surface area is 127 Å². The number of hydrogen-bond donors (Lipinski definition) is 1. The van der Waals surface area contributed by atoms with Gasteiger partial charge in [-0.2, -0.15) is 0 Å². The average molecular weight is 296 g/mol. The first kappa shape index (κ1) is 15.7. The van der Waals surface area contributed by atoms with Gasteiger partial charge in [0.2, 0.25) is 0 Å². The van der Waals surface area contributed by atoms with E-state index in [4.69, 9.17) is 16.3 Å². The summed E-state index contributed by atoms with van der Waals surface area (Å²) in [6.07, 6.45) is 6.10. The lowest BCUT2D eigenvalue weighted by Gasteiger charge is -2.23. The van der Waals surface area contributed by atoms with E-state index >= 15 is 0 Å². The van der Waals surface area contributed by atoms with Crippen LogP contribution < -0.4 is 10.1 Å². The molecule has 2 atom stereocenters. The summed E-state index contributed by atoms with van der Waals surface area (Å²) in [4.78, 5) is 0. The quantitative estimate of drug-likeness (QED) is 0.816. The van der Waals surface area contributed by atoms with Crippen LogP contribution in [0.2, 0.25) is 5.02 Å². The Morgan fingerprint density at radius 1 is 1.40 bits per heavy atom. The topological polar surface area (TPSA) is 21.3 Å². The zero-order valence-corrected chi connectivity index (χ0v) is 13.4. The van der Waals surface area contributed by atoms with Gasteiger partial charge in [0.1, 0.15) is 5.75 Å². The molecule has 1 N–H and O–H groups in total. The van der Waals surface area contributed by atoms with Crippen LogP contribution in [0.1, 0.15) is 57.4 Å². The van der Waals surface area contributed by atoms with Crippen molar-refractivity contribution >= 4 is 11.6 Å². The van der Waals surface area contributed by atoms with Gasteiger partial charge in [0, 0.05) is 6.04 Å². The number of hydrogen-bond acceptors (Lipinski definition) is 2. The number of halogens is 1. The fourth-order valence-electron chi connectivity index (χ4n) is 2.66. The highest BCUT2D eigenvalue weighted by molar-refractivity contribution is 6.32. The van der Waals surface area contributed by atoms with Gasteiger partial charge in [-0.15, -0.1) is 0 Å². The van der Waals surface area contributed by atoms with Crippen LogP contribution in [0.3, 0.4) is 0 Å². The standard InChI is InChI=1S/C17H26ClNO/c1-3-13(2)14-7-8-17(16(18)12-14)20-11-9-15-6-4-5-10-19-15/h7-8,12-13,15,19H,3-6,9-11H2,1-2H3/t13-,15-/m1/s1. The Bertz CT molecular complexity index is 415. The molecule has 1 heterocycles. The van der Waals surface area contributed by atoms with Crippen molar-refractivity contribution in [2.45, 2.75) is 57.9 Å². The second kappa shape index (κ2) is 7.90. The van der Waals surface area contributed by atoms with Gasteiger partial charge in [-0.1, -0.05) is 37.9 Å². The van der Waals surface area contributed by atoms with Gasteiger partial charge in [0.05, 0.1) is 11.6 Å². The van der Waals surface area contributed by atoms with E-state index in [9.17, 15) is 0 Å². The van der Waals surface area contributed by atoms with E-state index in [0.717, 1.165) is 36.8 Å². The lowest BCUT2D eigenvalue weighted by Crippen LogP contribution is -2.35. The molecule has 0 aliphatic carbocycles. The monoisotopic (exact) mass is 295 g/mol. The molecule has 3 heteroatoms. The van der Waals surface area contributed by atoms with Crippen molar-refractivity contribution in [2.24, 2.45) is 0 Å². The van der Waals surface area contributed by atoms with Gasteiger partial charge in [-0.3, -0.25) is 0 Å². The summed E-state index contributed by atoms with van der Waals surface area (Å²) < 4.78 is 5.84. The Hall–Kier alpha value is -0.730. The fourth-order valence-corrected chi connectivity index (χ4v) is 2.90. The van der Waals surface area contributed by atoms with Gasteiger partial charge in [0.15, 0.2) is 0 Å². The molecule has 0 bridgehead atoms. The zero-order valence-electron chi connectivity index (χ0n) is 12.6. The van der Waals surface area contributed by atoms with E-state index in [1.807, 2.05) is 12.1 Å². The summed E-state index contributed by atoms with van der Waals surface area (Å²) in [5.74, 6) is 1.36. The molecule has 2 nitrogen and oxygen atoms in total. The van der Waals surface area contributed by atoms with Crippen LogP contribution in [-0.2, 0) is 0 Å². The zero-order chi connectivity index (χ0) is 14.4. The summed E-state index contributed by atoms with van der Waals surface area (Å²) >= 11 is 6.31. The van der Waals surface area contributed by atoms with E-state index in [2.05, 4.69) is 25.2 Å². The summed E-state index contributed by atoms with van der Waals surface area (Å²) in [5.41, 5.74) is 1.29. The van der Waals surface area contributed by atoms with Gasteiger partial charge < -0.3 is 10.1 Å². The molecule has 0 spiro atoms. The van der Waals surface area contributed by atoms with Crippen molar-refractivity contribution in [3.8, 4) is 5.75 Å². The third-order valence-electron chi connectivity index (χ3n) is 4.27. The van der Waals surface area contributed by atoms with Crippen LogP contribution >= 0.6 is 11.6 Å². The largest absolute Gasteiger partial charge is 0.492 e. The van der Waals surface area contributed by atoms with Crippen molar-refractivity contribution in [1.29, 1.82) is 0 Å². The highest BCUT2D eigenvalue weighted by Gasteiger charge is 2.13. The molecule has 1 saturated heterocycles. The van der Waals surface area contributed by atoms with Crippen molar-refractivity contribution < 1.29 is 4.74 Å². The molecule has 1 aliphatic rings. The number of ether oxygens (including phenoxy) is 1. The maximum atomic E-state index is 6.31. The highest BCUT2D eigenvalue weighted by Crippen LogP contribution is 2.29. The number of nitrogens with one attached hydrogen (secondary N) is 1. The number of benzene rings is 1. The highest BCUT2D eigenvalue weighted by atomic mass is 35.5. The van der Waals surface area contributed by atoms with Gasteiger partial charge >= 0.3 is 0 Å². The summed E-state index contributed by atoms with van der Waals surface area (Å²) in [7, 11) is 0. The average Bonchev–Trinajstić information content (AvgIpc) is 2.49. The predicted molar refractivity (Wildman–Crippen MR) is 85.9 cm³/mol. The molecule has 0 aromatic heterocycles. The minimum atomic E-state index is 0.549. The molecule has 0 saturated carbocycles. The minimum absolute atomic E-state index is 0.549. The van der Waals surface area contributed by atoms with E-state index in [1.54, 1.807) is 0 Å². The second-order valence-electron chi connectivity index (χ2n) is 5.78. The lowest BCUT2D eigenvalue weighted by atomic mass is 9.99. The molecule has 1 aromatic carbocycles. The molecule has 0 amide bonds. The van der Waals surface area contributed by atoms with Crippen LogP contribution in [0.5, 0.6) is 5.75 Å². The predicted octanol–water partition coefficient (Wildman–Crippen LogP) is 4.76. The van der Waals surface area contributed by atoms with E-state index < -0.39 is 0 Å². The molecule has 1 fully saturated rings. The molecule has 0 radical (unpaired) electrons. The first-order chi connectivity index (χ1) is 9.70. The van der Waals surface area contributed by atoms with E-state index in [1.165, 1.54) is 24.8 Å². The third-order valence-corrected chi connectivity index (χ3v) is 4.57. The first-order valence-electron chi connectivity index (χ1n) is 7.86. The molecular formula is C17H26ClNO. The van der Waals surface area contributed by atoms with Crippen LogP contribution in [0.4, 0.5) is 0 Å². The van der Waals surface area contributed by atoms with Crippen LogP contribution in [0.15, 0.2) is 18.2 Å². The minimum Gasteiger partial charge on any atom is -0.492 e. The molecule has 0 unspecified atom stereocenters. The summed E-state index contributed by atoms with van der Waals surface area (Å²) in [5, 5.41) is 4.27. The normalized spacial score (nSPS) is 20.6. The number of rotatable bonds is 6. The van der Waals surface area contributed by atoms with Crippen molar-refractivity contribution in [3.05, 3.63) is 28.8 Å². The molecule has 2 rings (SSSR count). The summed E-state index contributed by atoms with van der Waals surface area (Å²) in [6.45, 7) is 6.30. The fraction of sp³-hybridized carbons (Fsp3) is 0.647. The van der Waals surface area contributed by atoms with Crippen molar-refractivity contribution in [3.63, 3.8) is 0 Å². The summed E-state index contributed by atoms with van der Waals surface area (Å²) in [6, 6.07) is 6.80. The second-order valence-corrected chi connectivity index (χ2v) is 6.19. The Morgan fingerprint density at radius 3 is 2.90 bits per heavy atom. The van der Waals surface area contributed by atoms with Crippen LogP contribution in [-0.4, -0.2) is 19.2 Å². The molecular weight excluding hydrogens is 270 g/mol. The number of piperidine rings is 1.